The Kier molecular flexibility index (Phi) is 7.00. The SMILES string of the molecule is CN(C)/C=C/C=C/C=C/c1cn2c(O)c(Cc3ccccc3)nc2c(Cc2ccccc2)n1. The third kappa shape index (κ3) is 5.77. The second kappa shape index (κ2) is 10.5. The van der Waals surface area contributed by atoms with Crippen LogP contribution >= 0.6 is 0 Å². The van der Waals surface area contributed by atoms with Gasteiger partial charge in [-0.3, -0.25) is 4.40 Å². The molecule has 0 amide bonds. The van der Waals surface area contributed by atoms with Gasteiger partial charge < -0.3 is 10.0 Å². The van der Waals surface area contributed by atoms with E-state index in [4.69, 9.17) is 9.97 Å². The quantitative estimate of drug-likeness (QED) is 0.383. The zero-order valence-corrected chi connectivity index (χ0v) is 19.0. The smallest absolute Gasteiger partial charge is 0.219 e. The van der Waals surface area contributed by atoms with Crippen molar-refractivity contribution in [3.63, 3.8) is 0 Å². The molecule has 5 heteroatoms. The van der Waals surface area contributed by atoms with Crippen molar-refractivity contribution in [2.45, 2.75) is 12.8 Å². The lowest BCUT2D eigenvalue weighted by molar-refractivity contribution is 0.442. The Morgan fingerprint density at radius 2 is 1.39 bits per heavy atom. The molecule has 1 N–H and O–H groups in total. The maximum atomic E-state index is 11.0. The summed E-state index contributed by atoms with van der Waals surface area (Å²) in [6.07, 6.45) is 14.8. The molecule has 33 heavy (non-hydrogen) atoms. The van der Waals surface area contributed by atoms with Crippen molar-refractivity contribution >= 4 is 11.7 Å². The molecule has 2 heterocycles. The first kappa shape index (κ1) is 22.1. The van der Waals surface area contributed by atoms with Crippen LogP contribution in [0.15, 0.2) is 97.4 Å². The maximum absolute atomic E-state index is 11.0. The summed E-state index contributed by atoms with van der Waals surface area (Å²) in [6, 6.07) is 20.3. The highest BCUT2D eigenvalue weighted by Crippen LogP contribution is 2.25. The molecule has 0 radical (unpaired) electrons. The van der Waals surface area contributed by atoms with Gasteiger partial charge in [0.25, 0.3) is 0 Å². The Morgan fingerprint density at radius 3 is 2.03 bits per heavy atom. The third-order valence-electron chi connectivity index (χ3n) is 5.15. The second-order valence-electron chi connectivity index (χ2n) is 8.06. The number of benzene rings is 2. The molecular weight excluding hydrogens is 408 g/mol. The lowest BCUT2D eigenvalue weighted by Gasteiger charge is -2.06. The van der Waals surface area contributed by atoms with Gasteiger partial charge in [-0.1, -0.05) is 78.9 Å². The summed E-state index contributed by atoms with van der Waals surface area (Å²) in [6.45, 7) is 0. The van der Waals surface area contributed by atoms with E-state index in [2.05, 4.69) is 12.1 Å². The molecular formula is C28H28N4O. The van der Waals surface area contributed by atoms with Gasteiger partial charge in [0.05, 0.1) is 11.4 Å². The minimum absolute atomic E-state index is 0.157. The van der Waals surface area contributed by atoms with Crippen LogP contribution in [0.4, 0.5) is 0 Å². The minimum Gasteiger partial charge on any atom is -0.493 e. The van der Waals surface area contributed by atoms with Gasteiger partial charge in [-0.25, -0.2) is 9.97 Å². The number of hydrogen-bond donors (Lipinski definition) is 1. The summed E-state index contributed by atoms with van der Waals surface area (Å²) < 4.78 is 1.75. The Bertz CT molecular complexity index is 1290. The fourth-order valence-corrected chi connectivity index (χ4v) is 3.56. The molecule has 0 saturated heterocycles. The predicted octanol–water partition coefficient (Wildman–Crippen LogP) is 5.26. The Balaban J connectivity index is 1.70. The van der Waals surface area contributed by atoms with Crippen LogP contribution in [0.3, 0.4) is 0 Å². The van der Waals surface area contributed by atoms with Gasteiger partial charge in [-0.05, 0) is 29.5 Å². The molecule has 0 aliphatic heterocycles. The van der Waals surface area contributed by atoms with Gasteiger partial charge in [0, 0.05) is 33.1 Å². The zero-order chi connectivity index (χ0) is 23.0. The van der Waals surface area contributed by atoms with E-state index in [9.17, 15) is 5.11 Å². The van der Waals surface area contributed by atoms with Crippen LogP contribution in [-0.2, 0) is 12.8 Å². The molecule has 2 aromatic carbocycles. The third-order valence-corrected chi connectivity index (χ3v) is 5.15. The summed E-state index contributed by atoms with van der Waals surface area (Å²) in [4.78, 5) is 11.6. The molecule has 0 saturated carbocycles. The summed E-state index contributed by atoms with van der Waals surface area (Å²) in [5.41, 5.74) is 5.16. The number of rotatable bonds is 8. The van der Waals surface area contributed by atoms with E-state index in [1.165, 1.54) is 0 Å². The molecule has 5 nitrogen and oxygen atoms in total. The molecule has 2 aromatic heterocycles. The van der Waals surface area contributed by atoms with Crippen molar-refractivity contribution in [3.05, 3.63) is 126 Å². The fourth-order valence-electron chi connectivity index (χ4n) is 3.56. The second-order valence-corrected chi connectivity index (χ2v) is 8.06. The summed E-state index contributed by atoms with van der Waals surface area (Å²) in [5.74, 6) is 0.157. The number of aromatic hydroxyl groups is 1. The van der Waals surface area contributed by atoms with E-state index in [0.717, 1.165) is 22.5 Å². The van der Waals surface area contributed by atoms with Crippen molar-refractivity contribution in [3.8, 4) is 5.88 Å². The highest BCUT2D eigenvalue weighted by atomic mass is 16.3. The number of fused-ring (bicyclic) bond motifs is 1. The average Bonchev–Trinajstić information content (AvgIpc) is 3.13. The topological polar surface area (TPSA) is 53.7 Å². The number of imidazole rings is 1. The van der Waals surface area contributed by atoms with Crippen molar-refractivity contribution in [2.24, 2.45) is 0 Å². The molecule has 0 unspecified atom stereocenters. The van der Waals surface area contributed by atoms with Crippen molar-refractivity contribution in [1.82, 2.24) is 19.3 Å². The standard InChI is InChI=1S/C28H28N4O/c1-31(2)18-12-4-3-11-17-24-21-32-27(25(29-24)19-22-13-7-5-8-14-22)30-26(28(32)33)20-23-15-9-6-10-16-23/h3-18,21,33H,19-20H2,1-2H3/b4-3+,17-11+,18-12+. The Labute approximate surface area is 194 Å². The molecule has 0 aliphatic carbocycles. The van der Waals surface area contributed by atoms with Gasteiger partial charge in [0.2, 0.25) is 5.88 Å². The van der Waals surface area contributed by atoms with E-state index in [0.29, 0.717) is 24.2 Å². The number of allylic oxidation sites excluding steroid dienone is 4. The van der Waals surface area contributed by atoms with Crippen LogP contribution in [0, 0.1) is 0 Å². The van der Waals surface area contributed by atoms with Crippen molar-refractivity contribution in [1.29, 1.82) is 0 Å². The maximum Gasteiger partial charge on any atom is 0.219 e. The monoisotopic (exact) mass is 436 g/mol. The van der Waals surface area contributed by atoms with E-state index in [-0.39, 0.29) is 5.88 Å². The zero-order valence-electron chi connectivity index (χ0n) is 19.0. The Hall–Kier alpha value is -4.12. The normalized spacial score (nSPS) is 11.9. The Morgan fingerprint density at radius 1 is 0.788 bits per heavy atom. The molecule has 4 aromatic rings. The molecule has 166 valence electrons. The van der Waals surface area contributed by atoms with E-state index in [1.807, 2.05) is 110 Å². The first-order valence-electron chi connectivity index (χ1n) is 11.0. The highest BCUT2D eigenvalue weighted by molar-refractivity contribution is 5.56. The molecule has 0 atom stereocenters. The number of nitrogens with zero attached hydrogens (tertiary/aromatic N) is 4. The molecule has 0 spiro atoms. The first-order valence-corrected chi connectivity index (χ1v) is 11.0. The molecule has 4 rings (SSSR count). The lowest BCUT2D eigenvalue weighted by Crippen LogP contribution is -2.00. The van der Waals surface area contributed by atoms with Crippen LogP contribution in [0.1, 0.15) is 28.2 Å². The lowest BCUT2D eigenvalue weighted by atomic mass is 10.1. The van der Waals surface area contributed by atoms with Crippen LogP contribution in [0.25, 0.3) is 11.7 Å². The number of hydrogen-bond acceptors (Lipinski definition) is 4. The minimum atomic E-state index is 0.157. The highest BCUT2D eigenvalue weighted by Gasteiger charge is 2.16. The average molecular weight is 437 g/mol. The van der Waals surface area contributed by atoms with Crippen LogP contribution in [0.2, 0.25) is 0 Å². The van der Waals surface area contributed by atoms with Crippen LogP contribution < -0.4 is 0 Å². The van der Waals surface area contributed by atoms with Gasteiger partial charge in [0.1, 0.15) is 5.69 Å². The summed E-state index contributed by atoms with van der Waals surface area (Å²) >= 11 is 0. The van der Waals surface area contributed by atoms with E-state index in [1.54, 1.807) is 4.40 Å². The van der Waals surface area contributed by atoms with E-state index >= 15 is 0 Å². The largest absolute Gasteiger partial charge is 0.493 e. The van der Waals surface area contributed by atoms with Crippen LogP contribution in [0.5, 0.6) is 5.88 Å². The van der Waals surface area contributed by atoms with Gasteiger partial charge in [0.15, 0.2) is 5.65 Å². The van der Waals surface area contributed by atoms with Crippen molar-refractivity contribution < 1.29 is 5.11 Å². The van der Waals surface area contributed by atoms with Crippen molar-refractivity contribution in [2.75, 3.05) is 14.1 Å². The van der Waals surface area contributed by atoms with Gasteiger partial charge in [-0.15, -0.1) is 0 Å². The summed E-state index contributed by atoms with van der Waals surface area (Å²) in [5, 5.41) is 11.0. The molecule has 0 aliphatic rings. The molecule has 0 bridgehead atoms. The predicted molar refractivity (Wildman–Crippen MR) is 134 cm³/mol. The van der Waals surface area contributed by atoms with Crippen LogP contribution in [-0.4, -0.2) is 38.5 Å². The fraction of sp³-hybridized carbons (Fsp3) is 0.143. The van der Waals surface area contributed by atoms with E-state index < -0.39 is 0 Å². The molecule has 0 fully saturated rings. The van der Waals surface area contributed by atoms with Gasteiger partial charge >= 0.3 is 0 Å². The van der Waals surface area contributed by atoms with Gasteiger partial charge in [-0.2, -0.15) is 0 Å². The summed E-state index contributed by atoms with van der Waals surface area (Å²) in [7, 11) is 3.97. The first-order chi connectivity index (χ1) is 16.1. The number of aromatic nitrogens is 3.